The second kappa shape index (κ2) is 10.8. The first-order chi connectivity index (χ1) is 13.0. The fourth-order valence-corrected chi connectivity index (χ4v) is 2.10. The Balaban J connectivity index is 1.63. The van der Waals surface area contributed by atoms with E-state index in [4.69, 9.17) is 14.2 Å². The van der Waals surface area contributed by atoms with Crippen LogP contribution in [0.3, 0.4) is 0 Å². The Morgan fingerprint density at radius 3 is 1.96 bits per heavy atom. The van der Waals surface area contributed by atoms with Crippen molar-refractivity contribution in [2.75, 3.05) is 6.61 Å². The lowest BCUT2D eigenvalue weighted by Crippen LogP contribution is -2.43. The zero-order valence-corrected chi connectivity index (χ0v) is 15.0. The molecule has 0 bridgehead atoms. The fraction of sp³-hybridized carbons (Fsp3) is 0.300. The molecule has 0 aliphatic carbocycles. The Kier molecular flexibility index (Phi) is 8.12. The summed E-state index contributed by atoms with van der Waals surface area (Å²) in [5.41, 5.74) is 1.68. The van der Waals surface area contributed by atoms with Crippen LogP contribution in [0, 0.1) is 0 Å². The van der Waals surface area contributed by atoms with Crippen molar-refractivity contribution in [1.82, 2.24) is 5.32 Å². The summed E-state index contributed by atoms with van der Waals surface area (Å²) in [6, 6.07) is 17.7. The van der Waals surface area contributed by atoms with Crippen molar-refractivity contribution in [2.24, 2.45) is 0 Å². The summed E-state index contributed by atoms with van der Waals surface area (Å²) < 4.78 is 14.9. The van der Waals surface area contributed by atoms with Crippen molar-refractivity contribution >= 4 is 12.2 Å². The van der Waals surface area contributed by atoms with Crippen molar-refractivity contribution in [3.8, 4) is 0 Å². The second-order valence-corrected chi connectivity index (χ2v) is 5.90. The summed E-state index contributed by atoms with van der Waals surface area (Å²) in [5, 5.41) is 12.5. The molecule has 2 unspecified atom stereocenters. The molecule has 2 aromatic carbocycles. The number of aliphatic hydroxyl groups excluding tert-OH is 1. The number of alkyl carbamates (subject to hydrolysis) is 1. The Hall–Kier alpha value is -3.06. The number of rotatable bonds is 8. The molecule has 2 aromatic rings. The van der Waals surface area contributed by atoms with Gasteiger partial charge in [-0.2, -0.15) is 0 Å². The van der Waals surface area contributed by atoms with E-state index in [1.54, 1.807) is 6.92 Å². The molecule has 7 nitrogen and oxygen atoms in total. The van der Waals surface area contributed by atoms with Gasteiger partial charge in [-0.05, 0) is 18.1 Å². The first kappa shape index (κ1) is 20.3. The van der Waals surface area contributed by atoms with Gasteiger partial charge >= 0.3 is 12.2 Å². The van der Waals surface area contributed by atoms with Crippen LogP contribution in [0.15, 0.2) is 60.7 Å². The van der Waals surface area contributed by atoms with E-state index in [0.717, 1.165) is 11.1 Å². The average molecular weight is 373 g/mol. The van der Waals surface area contributed by atoms with Crippen LogP contribution in [0.1, 0.15) is 18.1 Å². The van der Waals surface area contributed by atoms with Gasteiger partial charge in [-0.1, -0.05) is 60.7 Å². The number of amides is 1. The monoisotopic (exact) mass is 373 g/mol. The summed E-state index contributed by atoms with van der Waals surface area (Å²) in [6.45, 7) is 1.47. The van der Waals surface area contributed by atoms with Crippen molar-refractivity contribution in [3.05, 3.63) is 71.8 Å². The van der Waals surface area contributed by atoms with Crippen LogP contribution in [-0.2, 0) is 27.4 Å². The van der Waals surface area contributed by atoms with E-state index in [2.05, 4.69) is 5.32 Å². The summed E-state index contributed by atoms with van der Waals surface area (Å²) in [4.78, 5) is 23.3. The van der Waals surface area contributed by atoms with E-state index < -0.39 is 24.4 Å². The molecule has 27 heavy (non-hydrogen) atoms. The molecular formula is C20H23NO6. The lowest BCUT2D eigenvalue weighted by atomic mass is 10.2. The third kappa shape index (κ3) is 7.79. The van der Waals surface area contributed by atoms with Gasteiger partial charge in [0.15, 0.2) is 0 Å². The van der Waals surface area contributed by atoms with Crippen LogP contribution in [0.2, 0.25) is 0 Å². The molecule has 0 aliphatic rings. The Bertz CT molecular complexity index is 707. The minimum Gasteiger partial charge on any atom is -0.445 e. The summed E-state index contributed by atoms with van der Waals surface area (Å²) >= 11 is 0. The van der Waals surface area contributed by atoms with Gasteiger partial charge in [0, 0.05) is 0 Å². The third-order valence-corrected chi connectivity index (χ3v) is 3.71. The highest BCUT2D eigenvalue weighted by molar-refractivity contribution is 5.67. The predicted molar refractivity (Wildman–Crippen MR) is 97.8 cm³/mol. The topological polar surface area (TPSA) is 94.1 Å². The fourth-order valence-electron chi connectivity index (χ4n) is 2.10. The molecule has 0 spiro atoms. The average Bonchev–Trinajstić information content (AvgIpc) is 2.70. The van der Waals surface area contributed by atoms with Gasteiger partial charge in [-0.25, -0.2) is 9.59 Å². The van der Waals surface area contributed by atoms with Gasteiger partial charge in [-0.15, -0.1) is 0 Å². The number of nitrogens with one attached hydrogen (secondary N) is 1. The molecule has 0 fully saturated rings. The molecular weight excluding hydrogens is 350 g/mol. The van der Waals surface area contributed by atoms with Crippen LogP contribution >= 0.6 is 0 Å². The number of carbonyl (C=O) groups excluding carboxylic acids is 2. The van der Waals surface area contributed by atoms with E-state index >= 15 is 0 Å². The molecule has 0 radical (unpaired) electrons. The number of hydrogen-bond acceptors (Lipinski definition) is 6. The summed E-state index contributed by atoms with van der Waals surface area (Å²) in [7, 11) is 0. The molecule has 0 heterocycles. The Morgan fingerprint density at radius 1 is 0.889 bits per heavy atom. The van der Waals surface area contributed by atoms with Crippen LogP contribution in [0.5, 0.6) is 0 Å². The van der Waals surface area contributed by atoms with E-state index in [1.165, 1.54) is 0 Å². The molecule has 0 saturated carbocycles. The van der Waals surface area contributed by atoms with Crippen molar-refractivity contribution < 1.29 is 28.9 Å². The number of carbonyl (C=O) groups is 2. The largest absolute Gasteiger partial charge is 0.508 e. The van der Waals surface area contributed by atoms with Crippen molar-refractivity contribution in [2.45, 2.75) is 32.3 Å². The van der Waals surface area contributed by atoms with Crippen LogP contribution in [-0.4, -0.2) is 36.1 Å². The van der Waals surface area contributed by atoms with Gasteiger partial charge in [0.1, 0.15) is 25.9 Å². The first-order valence-electron chi connectivity index (χ1n) is 8.53. The molecule has 2 N–H and O–H groups in total. The van der Waals surface area contributed by atoms with Gasteiger partial charge in [0.25, 0.3) is 0 Å². The molecule has 7 heteroatoms. The minimum absolute atomic E-state index is 0.0788. The Labute approximate surface area is 157 Å². The lowest BCUT2D eigenvalue weighted by molar-refractivity contribution is 0.00599. The van der Waals surface area contributed by atoms with Crippen LogP contribution in [0.25, 0.3) is 0 Å². The third-order valence-electron chi connectivity index (χ3n) is 3.71. The van der Waals surface area contributed by atoms with Crippen molar-refractivity contribution in [1.29, 1.82) is 0 Å². The number of aliphatic hydroxyl groups is 1. The standard InChI is InChI=1S/C20H23NO6/c1-15(21-19(23)25-12-16-8-4-2-5-9-16)18(22)14-27-20(24)26-13-17-10-6-3-7-11-17/h2-11,15,18,22H,12-14H2,1H3,(H,21,23). The van der Waals surface area contributed by atoms with Crippen LogP contribution in [0.4, 0.5) is 9.59 Å². The van der Waals surface area contributed by atoms with Crippen LogP contribution < -0.4 is 5.32 Å². The SMILES string of the molecule is CC(NC(=O)OCc1ccccc1)C(O)COC(=O)OCc1ccccc1. The number of ether oxygens (including phenoxy) is 3. The second-order valence-electron chi connectivity index (χ2n) is 5.90. The first-order valence-corrected chi connectivity index (χ1v) is 8.53. The Morgan fingerprint density at radius 2 is 1.41 bits per heavy atom. The number of hydrogen-bond donors (Lipinski definition) is 2. The minimum atomic E-state index is -1.10. The quantitative estimate of drug-likeness (QED) is 0.691. The molecule has 1 amide bonds. The molecule has 0 saturated heterocycles. The van der Waals surface area contributed by atoms with E-state index in [1.807, 2.05) is 60.7 Å². The smallest absolute Gasteiger partial charge is 0.445 e. The molecule has 2 rings (SSSR count). The maximum Gasteiger partial charge on any atom is 0.508 e. The highest BCUT2D eigenvalue weighted by atomic mass is 16.7. The maximum absolute atomic E-state index is 11.8. The highest BCUT2D eigenvalue weighted by Crippen LogP contribution is 2.04. The highest BCUT2D eigenvalue weighted by Gasteiger charge is 2.19. The van der Waals surface area contributed by atoms with E-state index in [0.29, 0.717) is 0 Å². The molecule has 0 aliphatic heterocycles. The van der Waals surface area contributed by atoms with Gasteiger partial charge in [0.2, 0.25) is 0 Å². The van der Waals surface area contributed by atoms with E-state index in [-0.39, 0.29) is 19.8 Å². The van der Waals surface area contributed by atoms with Gasteiger partial charge in [-0.3, -0.25) is 0 Å². The summed E-state index contributed by atoms with van der Waals surface area (Å²) in [6.07, 6.45) is -2.66. The molecule has 144 valence electrons. The predicted octanol–water partition coefficient (Wildman–Crippen LogP) is 3.02. The number of benzene rings is 2. The maximum atomic E-state index is 11.8. The summed E-state index contributed by atoms with van der Waals surface area (Å²) in [5.74, 6) is 0. The van der Waals surface area contributed by atoms with Gasteiger partial charge < -0.3 is 24.6 Å². The zero-order chi connectivity index (χ0) is 19.5. The van der Waals surface area contributed by atoms with E-state index in [9.17, 15) is 14.7 Å². The molecule has 2 atom stereocenters. The van der Waals surface area contributed by atoms with Crippen molar-refractivity contribution in [3.63, 3.8) is 0 Å². The normalized spacial score (nSPS) is 12.5. The lowest BCUT2D eigenvalue weighted by Gasteiger charge is -2.19. The zero-order valence-electron chi connectivity index (χ0n) is 15.0. The molecule has 0 aromatic heterocycles. The van der Waals surface area contributed by atoms with Gasteiger partial charge in [0.05, 0.1) is 6.04 Å².